The third-order valence-corrected chi connectivity index (χ3v) is 9.49. The van der Waals surface area contributed by atoms with E-state index in [0.717, 1.165) is 0 Å². The van der Waals surface area contributed by atoms with E-state index in [1.807, 2.05) is 12.4 Å². The molecule has 0 bridgehead atoms. The molecule has 0 aliphatic heterocycles. The minimum absolute atomic E-state index is 0.425. The lowest BCUT2D eigenvalue weighted by Gasteiger charge is -2.24. The number of benzene rings is 3. The van der Waals surface area contributed by atoms with Crippen LogP contribution < -0.4 is 4.57 Å². The van der Waals surface area contributed by atoms with Gasteiger partial charge in [-0.25, -0.2) is 4.57 Å². The molecule has 0 spiro atoms. The molecule has 3 aromatic carbocycles. The summed E-state index contributed by atoms with van der Waals surface area (Å²) in [5.74, 6) is 1.35. The second kappa shape index (κ2) is 9.01. The second-order valence-corrected chi connectivity index (χ2v) is 13.1. The van der Waals surface area contributed by atoms with E-state index in [4.69, 9.17) is 0 Å². The van der Waals surface area contributed by atoms with E-state index in [0.29, 0.717) is 17.8 Å². The Labute approximate surface area is 242 Å². The number of rotatable bonds is 4. The molecular formula is C38H40N3+. The molecule has 0 unspecified atom stereocenters. The Morgan fingerprint density at radius 3 is 2.12 bits per heavy atom. The third-order valence-electron chi connectivity index (χ3n) is 9.49. The highest BCUT2D eigenvalue weighted by Gasteiger charge is 2.26. The highest BCUT2D eigenvalue weighted by atomic mass is 15.0. The van der Waals surface area contributed by atoms with Crippen molar-refractivity contribution in [3.63, 3.8) is 0 Å². The van der Waals surface area contributed by atoms with Gasteiger partial charge >= 0.3 is 0 Å². The Morgan fingerprint density at radius 2 is 1.46 bits per heavy atom. The van der Waals surface area contributed by atoms with Crippen LogP contribution in [0.5, 0.6) is 0 Å². The van der Waals surface area contributed by atoms with Crippen LogP contribution in [0.25, 0.3) is 60.1 Å². The summed E-state index contributed by atoms with van der Waals surface area (Å²) in [6.07, 6.45) is 6.22. The van der Waals surface area contributed by atoms with Gasteiger partial charge < -0.3 is 4.40 Å². The minimum Gasteiger partial charge on any atom is -0.307 e. The van der Waals surface area contributed by atoms with Crippen molar-refractivity contribution >= 4 is 49.0 Å². The summed E-state index contributed by atoms with van der Waals surface area (Å²) in [4.78, 5) is 4.56. The normalized spacial score (nSPS) is 12.7. The second-order valence-electron chi connectivity index (χ2n) is 13.1. The summed E-state index contributed by atoms with van der Waals surface area (Å²) in [6, 6.07) is 16.7. The van der Waals surface area contributed by atoms with Crippen molar-refractivity contribution in [3.05, 3.63) is 88.9 Å². The van der Waals surface area contributed by atoms with E-state index in [-0.39, 0.29) is 0 Å². The van der Waals surface area contributed by atoms with Crippen LogP contribution in [0.15, 0.2) is 61.1 Å². The topological polar surface area (TPSA) is 21.2 Å². The first kappa shape index (κ1) is 26.0. The molecule has 0 saturated heterocycles. The van der Waals surface area contributed by atoms with Gasteiger partial charge in [-0.2, -0.15) is 0 Å². The van der Waals surface area contributed by atoms with Crippen LogP contribution in [-0.4, -0.2) is 9.38 Å². The zero-order chi connectivity index (χ0) is 28.9. The molecule has 0 fully saturated rings. The molecule has 3 heteroatoms. The van der Waals surface area contributed by atoms with Crippen molar-refractivity contribution in [3.8, 4) is 11.1 Å². The zero-order valence-corrected chi connectivity index (χ0v) is 25.8. The molecule has 0 aliphatic carbocycles. The molecule has 7 aromatic rings. The number of nitrogens with zero attached hydrogens (tertiary/aromatic N) is 3. The number of aryl methyl sites for hydroxylation is 3. The zero-order valence-electron chi connectivity index (χ0n) is 25.8. The van der Waals surface area contributed by atoms with Crippen molar-refractivity contribution in [2.24, 2.45) is 7.05 Å². The van der Waals surface area contributed by atoms with Crippen LogP contribution >= 0.6 is 0 Å². The SMILES string of the molecule is Cc1cc2c3cnccc3n3c4cc(-c5c(C(C)C)cc(C(C)C)cc5C(C)C)cc5cc[n+](C)c(c(c1C)c23)c54. The quantitative estimate of drug-likeness (QED) is 0.124. The Morgan fingerprint density at radius 1 is 0.756 bits per heavy atom. The summed E-state index contributed by atoms with van der Waals surface area (Å²) in [5, 5.41) is 6.46. The summed E-state index contributed by atoms with van der Waals surface area (Å²) in [5.41, 5.74) is 14.8. The number of aromatic nitrogens is 3. The molecule has 0 atom stereocenters. The van der Waals surface area contributed by atoms with Crippen molar-refractivity contribution in [2.75, 3.05) is 0 Å². The molecular weight excluding hydrogens is 498 g/mol. The molecule has 3 nitrogen and oxygen atoms in total. The summed E-state index contributed by atoms with van der Waals surface area (Å²) < 4.78 is 4.85. The fourth-order valence-electron chi connectivity index (χ4n) is 7.18. The Bertz CT molecular complexity index is 2130. The summed E-state index contributed by atoms with van der Waals surface area (Å²) in [7, 11) is 2.19. The van der Waals surface area contributed by atoms with Gasteiger partial charge in [-0.1, -0.05) is 53.7 Å². The molecule has 0 amide bonds. The Hall–Kier alpha value is -3.98. The van der Waals surface area contributed by atoms with E-state index < -0.39 is 0 Å². The molecule has 4 aromatic heterocycles. The highest BCUT2D eigenvalue weighted by molar-refractivity contribution is 6.26. The maximum Gasteiger partial charge on any atom is 0.224 e. The molecule has 0 aliphatic rings. The largest absolute Gasteiger partial charge is 0.307 e. The van der Waals surface area contributed by atoms with Crippen LogP contribution in [0.3, 0.4) is 0 Å². The van der Waals surface area contributed by atoms with E-state index in [1.165, 1.54) is 87.9 Å². The van der Waals surface area contributed by atoms with Crippen LogP contribution in [0.4, 0.5) is 0 Å². The van der Waals surface area contributed by atoms with Gasteiger partial charge in [-0.05, 0) is 100 Å². The lowest BCUT2D eigenvalue weighted by Crippen LogP contribution is -2.29. The summed E-state index contributed by atoms with van der Waals surface area (Å²) in [6.45, 7) is 18.5. The van der Waals surface area contributed by atoms with E-state index >= 15 is 0 Å². The van der Waals surface area contributed by atoms with Crippen LogP contribution in [0, 0.1) is 13.8 Å². The van der Waals surface area contributed by atoms with Gasteiger partial charge in [-0.3, -0.25) is 4.98 Å². The van der Waals surface area contributed by atoms with Crippen LogP contribution in [0.1, 0.15) is 87.1 Å². The van der Waals surface area contributed by atoms with Gasteiger partial charge in [0.05, 0.1) is 27.3 Å². The van der Waals surface area contributed by atoms with Crippen molar-refractivity contribution in [1.82, 2.24) is 9.38 Å². The fourth-order valence-corrected chi connectivity index (χ4v) is 7.18. The van der Waals surface area contributed by atoms with Gasteiger partial charge in [0.2, 0.25) is 5.52 Å². The van der Waals surface area contributed by atoms with Gasteiger partial charge in [0, 0.05) is 29.2 Å². The number of fused-ring (bicyclic) bond motifs is 5. The van der Waals surface area contributed by atoms with Crippen LogP contribution in [-0.2, 0) is 7.05 Å². The number of hydrogen-bond donors (Lipinski definition) is 0. The first-order chi connectivity index (χ1) is 19.6. The Balaban J connectivity index is 1.75. The summed E-state index contributed by atoms with van der Waals surface area (Å²) >= 11 is 0. The molecule has 0 radical (unpaired) electrons. The first-order valence-electron chi connectivity index (χ1n) is 15.1. The first-order valence-corrected chi connectivity index (χ1v) is 15.1. The molecule has 7 rings (SSSR count). The van der Waals surface area contributed by atoms with E-state index in [2.05, 4.69) is 125 Å². The average molecular weight is 539 g/mol. The molecule has 0 N–H and O–H groups in total. The van der Waals surface area contributed by atoms with Gasteiger partial charge in [0.15, 0.2) is 6.20 Å². The number of hydrogen-bond acceptors (Lipinski definition) is 1. The van der Waals surface area contributed by atoms with Gasteiger partial charge in [-0.15, -0.1) is 0 Å². The van der Waals surface area contributed by atoms with Crippen LogP contribution in [0.2, 0.25) is 0 Å². The molecule has 206 valence electrons. The average Bonchev–Trinajstić information content (AvgIpc) is 3.27. The molecule has 4 heterocycles. The number of pyridine rings is 3. The maximum atomic E-state index is 4.56. The van der Waals surface area contributed by atoms with Crippen molar-refractivity contribution in [2.45, 2.75) is 73.1 Å². The Kier molecular flexibility index (Phi) is 5.70. The molecule has 41 heavy (non-hydrogen) atoms. The van der Waals surface area contributed by atoms with Crippen molar-refractivity contribution in [1.29, 1.82) is 0 Å². The third kappa shape index (κ3) is 3.57. The fraction of sp³-hybridized carbons (Fsp3) is 0.316. The van der Waals surface area contributed by atoms with E-state index in [9.17, 15) is 0 Å². The molecule has 0 saturated carbocycles. The van der Waals surface area contributed by atoms with Gasteiger partial charge in [0.25, 0.3) is 0 Å². The maximum absolute atomic E-state index is 4.56. The highest BCUT2D eigenvalue weighted by Crippen LogP contribution is 2.45. The van der Waals surface area contributed by atoms with E-state index in [1.54, 1.807) is 0 Å². The lowest BCUT2D eigenvalue weighted by molar-refractivity contribution is -0.643. The van der Waals surface area contributed by atoms with Crippen molar-refractivity contribution < 1.29 is 4.57 Å². The predicted octanol–water partition coefficient (Wildman–Crippen LogP) is 9.86. The smallest absolute Gasteiger partial charge is 0.224 e. The standard InChI is InChI=1S/C38H40N3/c1-20(2)26-16-28(21(3)4)35(29(17-26)22(5)6)27-15-25-11-13-40(9)38-34-24(8)23(7)14-30-31-19-39-12-10-32(31)41(37(30)34)33(18-27)36(25)38/h10-22H,1-9H3/q+1. The monoisotopic (exact) mass is 538 g/mol. The lowest BCUT2D eigenvalue weighted by atomic mass is 9.81. The van der Waals surface area contributed by atoms with Gasteiger partial charge in [0.1, 0.15) is 7.05 Å². The minimum atomic E-state index is 0.425. The predicted molar refractivity (Wildman–Crippen MR) is 175 cm³/mol.